The Morgan fingerprint density at radius 3 is 2.24 bits per heavy atom. The molecule has 1 aromatic carbocycles. The van der Waals surface area contributed by atoms with Gasteiger partial charge in [-0.1, -0.05) is 50.3 Å². The van der Waals surface area contributed by atoms with E-state index in [1.165, 1.54) is 25.4 Å². The van der Waals surface area contributed by atoms with E-state index in [2.05, 4.69) is 11.9 Å². The van der Waals surface area contributed by atoms with Crippen molar-refractivity contribution in [3.8, 4) is 0 Å². The quantitative estimate of drug-likeness (QED) is 0.259. The molecule has 1 heterocycles. The van der Waals surface area contributed by atoms with Gasteiger partial charge in [-0.2, -0.15) is 8.42 Å². The van der Waals surface area contributed by atoms with Crippen molar-refractivity contribution in [2.24, 2.45) is 0 Å². The van der Waals surface area contributed by atoms with Gasteiger partial charge in [0, 0.05) is 6.92 Å². The first-order valence-electron chi connectivity index (χ1n) is 10.6. The maximum Gasteiger partial charge on any atom is 0.358 e. The lowest BCUT2D eigenvalue weighted by Gasteiger charge is -2.26. The molecule has 10 nitrogen and oxygen atoms in total. The topological polar surface area (TPSA) is 162 Å². The van der Waals surface area contributed by atoms with E-state index in [1.54, 1.807) is 23.6 Å². The number of rotatable bonds is 10. The average Bonchev–Trinajstić information content (AvgIpc) is 3.09. The molecule has 2 aromatic rings. The molecule has 33 heavy (non-hydrogen) atoms. The number of nitrogens with zero attached hydrogens (tertiary/aromatic N) is 2. The number of aromatic carboxylic acids is 1. The van der Waals surface area contributed by atoms with E-state index >= 15 is 0 Å². The highest BCUT2D eigenvalue weighted by molar-refractivity contribution is 7.85. The van der Waals surface area contributed by atoms with Crippen LogP contribution in [0.1, 0.15) is 75.0 Å². The van der Waals surface area contributed by atoms with Gasteiger partial charge in [0.1, 0.15) is 11.9 Å². The van der Waals surface area contributed by atoms with Crippen molar-refractivity contribution in [1.29, 1.82) is 0 Å². The number of nitrogen functional groups attached to an aromatic ring is 1. The summed E-state index contributed by atoms with van der Waals surface area (Å²) in [6.45, 7) is 7.11. The molecule has 11 heteroatoms. The lowest BCUT2D eigenvalue weighted by Crippen LogP contribution is -2.27. The normalized spacial score (nSPS) is 12.9. The summed E-state index contributed by atoms with van der Waals surface area (Å²) < 4.78 is 36.4. The molecule has 1 aromatic heterocycles. The first-order chi connectivity index (χ1) is 15.4. The molecule has 0 saturated heterocycles. The second kappa shape index (κ2) is 12.9. The molecule has 0 aliphatic heterocycles. The highest BCUT2D eigenvalue weighted by atomic mass is 32.2. The zero-order valence-corrected chi connectivity index (χ0v) is 20.2. The van der Waals surface area contributed by atoms with E-state index in [-0.39, 0.29) is 28.4 Å². The van der Waals surface area contributed by atoms with Crippen molar-refractivity contribution in [2.45, 2.75) is 76.8 Å². The number of nitrogens with two attached hydrogens (primary N) is 1. The lowest BCUT2D eigenvalue weighted by molar-refractivity contribution is -0.147. The number of imidazole rings is 1. The fourth-order valence-electron chi connectivity index (χ4n) is 3.23. The summed E-state index contributed by atoms with van der Waals surface area (Å²) in [6.07, 6.45) is 6.02. The fourth-order valence-corrected chi connectivity index (χ4v) is 3.71. The molecule has 2 rings (SSSR count). The van der Waals surface area contributed by atoms with Crippen LogP contribution >= 0.6 is 0 Å². The van der Waals surface area contributed by atoms with Crippen LogP contribution in [0.2, 0.25) is 0 Å². The second-order valence-corrected chi connectivity index (χ2v) is 9.13. The summed E-state index contributed by atoms with van der Waals surface area (Å²) in [5.41, 5.74) is 6.67. The Labute approximate surface area is 194 Å². The molecule has 0 amide bonds. The van der Waals surface area contributed by atoms with Crippen LogP contribution in [0.5, 0.6) is 0 Å². The summed E-state index contributed by atoms with van der Waals surface area (Å²) in [7, 11) is -4.02. The van der Waals surface area contributed by atoms with Gasteiger partial charge in [0.25, 0.3) is 10.1 Å². The number of aromatic nitrogens is 2. The standard InChI is InChI=1S/C15H25N3O4.C7H8O3S/c1-4-5-6-7-8-12(10(2)22-11(3)19)18-9-17-13(14(18)16)15(20)21;1-6-2-4-7(5-3-6)11(8,9)10/h9-10,12H,4-8,16H2,1-3H3,(H,20,21);2-5H,1H3,(H,8,9,10). The summed E-state index contributed by atoms with van der Waals surface area (Å²) >= 11 is 0. The molecule has 0 saturated carbocycles. The van der Waals surface area contributed by atoms with Gasteiger partial charge in [-0.3, -0.25) is 9.35 Å². The van der Waals surface area contributed by atoms with Crippen LogP contribution in [0.25, 0.3) is 0 Å². The summed E-state index contributed by atoms with van der Waals surface area (Å²) in [5.74, 6) is -1.45. The minimum absolute atomic E-state index is 0.0666. The summed E-state index contributed by atoms with van der Waals surface area (Å²) in [4.78, 5) is 26.0. The van der Waals surface area contributed by atoms with E-state index in [4.69, 9.17) is 20.1 Å². The van der Waals surface area contributed by atoms with E-state index in [0.29, 0.717) is 0 Å². The van der Waals surface area contributed by atoms with Gasteiger partial charge in [-0.25, -0.2) is 9.78 Å². The Hall–Kier alpha value is -2.92. The number of aryl methyl sites for hydroxylation is 1. The number of anilines is 1. The highest BCUT2D eigenvalue weighted by Gasteiger charge is 2.26. The number of unbranched alkanes of at least 4 members (excludes halogenated alkanes) is 3. The van der Waals surface area contributed by atoms with Gasteiger partial charge in [0.2, 0.25) is 0 Å². The van der Waals surface area contributed by atoms with Crippen molar-refractivity contribution in [3.05, 3.63) is 41.9 Å². The zero-order valence-electron chi connectivity index (χ0n) is 19.4. The molecule has 184 valence electrons. The fraction of sp³-hybridized carbons (Fsp3) is 0.500. The molecule has 2 unspecified atom stereocenters. The third-order valence-electron chi connectivity index (χ3n) is 4.96. The van der Waals surface area contributed by atoms with Crippen LogP contribution in [0.3, 0.4) is 0 Å². The van der Waals surface area contributed by atoms with Gasteiger partial charge in [-0.05, 0) is 32.4 Å². The molecule has 0 aliphatic carbocycles. The van der Waals surface area contributed by atoms with Crippen molar-refractivity contribution < 1.29 is 32.4 Å². The van der Waals surface area contributed by atoms with Crippen molar-refractivity contribution in [1.82, 2.24) is 9.55 Å². The van der Waals surface area contributed by atoms with E-state index in [9.17, 15) is 18.0 Å². The second-order valence-electron chi connectivity index (χ2n) is 7.71. The van der Waals surface area contributed by atoms with Crippen LogP contribution in [0, 0.1) is 6.92 Å². The molecule has 2 atom stereocenters. The van der Waals surface area contributed by atoms with Crippen molar-refractivity contribution in [2.75, 3.05) is 5.73 Å². The Kier molecular flexibility index (Phi) is 11.0. The van der Waals surface area contributed by atoms with Gasteiger partial charge >= 0.3 is 11.9 Å². The number of carbonyl (C=O) groups is 2. The number of benzene rings is 1. The number of carbonyl (C=O) groups excluding carboxylic acids is 1. The van der Waals surface area contributed by atoms with Crippen LogP contribution < -0.4 is 5.73 Å². The molecular formula is C22H33N3O7S. The largest absolute Gasteiger partial charge is 0.476 e. The van der Waals surface area contributed by atoms with Crippen LogP contribution in [-0.2, 0) is 19.6 Å². The summed E-state index contributed by atoms with van der Waals surface area (Å²) in [6, 6.07) is 5.77. The minimum atomic E-state index is -4.02. The maximum atomic E-state index is 11.2. The SMILES string of the molecule is CCCCCCC(C(C)OC(C)=O)n1cnc(C(=O)O)c1N.Cc1ccc(S(=O)(=O)O)cc1. The van der Waals surface area contributed by atoms with Crippen LogP contribution in [-0.4, -0.2) is 45.7 Å². The monoisotopic (exact) mass is 483 g/mol. The van der Waals surface area contributed by atoms with E-state index in [0.717, 1.165) is 37.7 Å². The minimum Gasteiger partial charge on any atom is -0.476 e. The van der Waals surface area contributed by atoms with Crippen LogP contribution in [0.15, 0.2) is 35.5 Å². The Bertz CT molecular complexity index is 1020. The summed E-state index contributed by atoms with van der Waals surface area (Å²) in [5, 5.41) is 9.05. The van der Waals surface area contributed by atoms with Crippen molar-refractivity contribution >= 4 is 27.9 Å². The molecule has 0 aliphatic rings. The lowest BCUT2D eigenvalue weighted by atomic mass is 10.0. The zero-order chi connectivity index (χ0) is 25.2. The molecule has 4 N–H and O–H groups in total. The molecular weight excluding hydrogens is 450 g/mol. The van der Waals surface area contributed by atoms with E-state index < -0.39 is 22.2 Å². The van der Waals surface area contributed by atoms with Crippen molar-refractivity contribution in [3.63, 3.8) is 0 Å². The first kappa shape index (κ1) is 28.1. The number of hydrogen-bond donors (Lipinski definition) is 3. The average molecular weight is 484 g/mol. The third-order valence-corrected chi connectivity index (χ3v) is 5.83. The highest BCUT2D eigenvalue weighted by Crippen LogP contribution is 2.27. The number of esters is 1. The smallest absolute Gasteiger partial charge is 0.358 e. The Morgan fingerprint density at radius 1 is 1.18 bits per heavy atom. The number of carboxylic acids is 1. The predicted molar refractivity (Wildman–Crippen MR) is 124 cm³/mol. The van der Waals surface area contributed by atoms with Crippen LogP contribution in [0.4, 0.5) is 5.82 Å². The first-order valence-corrected chi connectivity index (χ1v) is 12.1. The Morgan fingerprint density at radius 2 is 1.79 bits per heavy atom. The Balaban J connectivity index is 0.000000412. The molecule has 0 radical (unpaired) electrons. The van der Waals surface area contributed by atoms with Gasteiger partial charge in [0.05, 0.1) is 17.3 Å². The van der Waals surface area contributed by atoms with Gasteiger partial charge < -0.3 is 20.1 Å². The molecule has 0 bridgehead atoms. The van der Waals surface area contributed by atoms with Gasteiger partial charge in [0.15, 0.2) is 5.69 Å². The number of ether oxygens (including phenoxy) is 1. The van der Waals surface area contributed by atoms with Gasteiger partial charge in [-0.15, -0.1) is 0 Å². The van der Waals surface area contributed by atoms with E-state index in [1.807, 2.05) is 6.92 Å². The maximum absolute atomic E-state index is 11.2. The number of carboxylic acid groups (broad SMARTS) is 1. The molecule has 0 fully saturated rings. The predicted octanol–water partition coefficient (Wildman–Crippen LogP) is 3.87. The molecule has 0 spiro atoms. The third kappa shape index (κ3) is 9.22. The number of hydrogen-bond acceptors (Lipinski definition) is 7.